The lowest BCUT2D eigenvalue weighted by atomic mass is 9.99. The number of nitrogens with one attached hydrogen (secondary N) is 1. The van der Waals surface area contributed by atoms with Crippen LogP contribution in [0, 0.1) is 6.92 Å². The molecule has 0 saturated carbocycles. The van der Waals surface area contributed by atoms with E-state index in [1.54, 1.807) is 30.3 Å². The number of aryl methyl sites for hydroxylation is 1. The molecule has 2 aromatic carbocycles. The number of carbonyl (C=O) groups is 1. The monoisotopic (exact) mass is 371 g/mol. The van der Waals surface area contributed by atoms with Crippen molar-refractivity contribution in [3.05, 3.63) is 65.7 Å². The fourth-order valence-corrected chi connectivity index (χ4v) is 4.52. The Kier molecular flexibility index (Phi) is 3.86. The molecule has 1 heterocycles. The number of hydrogen-bond acceptors (Lipinski definition) is 5. The van der Waals surface area contributed by atoms with Crippen LogP contribution in [0.1, 0.15) is 27.4 Å². The second kappa shape index (κ2) is 5.96. The first-order valence-electron chi connectivity index (χ1n) is 8.10. The molecule has 7 heteroatoms. The highest BCUT2D eigenvalue weighted by molar-refractivity contribution is 7.89. The second-order valence-electron chi connectivity index (χ2n) is 6.33. The number of hydrogen-bond donors (Lipinski definition) is 1. The van der Waals surface area contributed by atoms with Gasteiger partial charge in [-0.25, -0.2) is 8.42 Å². The molecule has 1 aliphatic carbocycles. The van der Waals surface area contributed by atoms with E-state index in [2.05, 4.69) is 11.3 Å². The third-order valence-electron chi connectivity index (χ3n) is 4.68. The molecule has 0 aromatic heterocycles. The molecule has 2 atom stereocenters. The van der Waals surface area contributed by atoms with Gasteiger partial charge >= 0.3 is 0 Å². The molecule has 1 N–H and O–H groups in total. The van der Waals surface area contributed by atoms with Gasteiger partial charge in [-0.2, -0.15) is 4.72 Å². The van der Waals surface area contributed by atoms with Crippen LogP contribution in [-0.2, 0) is 10.0 Å². The van der Waals surface area contributed by atoms with Gasteiger partial charge in [-0.3, -0.25) is 4.79 Å². The summed E-state index contributed by atoms with van der Waals surface area (Å²) >= 11 is 0. The minimum Gasteiger partial charge on any atom is -0.454 e. The van der Waals surface area contributed by atoms with Crippen molar-refractivity contribution in [3.63, 3.8) is 0 Å². The summed E-state index contributed by atoms with van der Waals surface area (Å²) in [6.07, 6.45) is 1.58. The SMILES string of the molecule is C=C[C@@H]1c2cc3c(cc2C(=O)[C@H]1NS(=O)(=O)c1ccc(C)cc1)OCO3. The van der Waals surface area contributed by atoms with E-state index in [1.807, 2.05) is 6.92 Å². The van der Waals surface area contributed by atoms with Gasteiger partial charge in [0.05, 0.1) is 10.9 Å². The Morgan fingerprint density at radius 3 is 2.46 bits per heavy atom. The van der Waals surface area contributed by atoms with Crippen LogP contribution in [0.2, 0.25) is 0 Å². The molecule has 0 bridgehead atoms. The third-order valence-corrected chi connectivity index (χ3v) is 6.14. The quantitative estimate of drug-likeness (QED) is 0.836. The van der Waals surface area contributed by atoms with Gasteiger partial charge in [0.2, 0.25) is 16.8 Å². The van der Waals surface area contributed by atoms with Crippen LogP contribution in [0.3, 0.4) is 0 Å². The van der Waals surface area contributed by atoms with Crippen molar-refractivity contribution in [2.45, 2.75) is 23.8 Å². The van der Waals surface area contributed by atoms with Crippen LogP contribution in [0.4, 0.5) is 0 Å². The number of carbonyl (C=O) groups excluding carboxylic acids is 1. The van der Waals surface area contributed by atoms with Crippen molar-refractivity contribution < 1.29 is 22.7 Å². The van der Waals surface area contributed by atoms with E-state index < -0.39 is 22.0 Å². The van der Waals surface area contributed by atoms with Crippen LogP contribution >= 0.6 is 0 Å². The van der Waals surface area contributed by atoms with Crippen molar-refractivity contribution >= 4 is 15.8 Å². The lowest BCUT2D eigenvalue weighted by molar-refractivity contribution is 0.0963. The molecule has 0 fully saturated rings. The highest BCUT2D eigenvalue weighted by atomic mass is 32.2. The minimum atomic E-state index is -3.85. The summed E-state index contributed by atoms with van der Waals surface area (Å²) in [4.78, 5) is 13.0. The maximum absolute atomic E-state index is 12.9. The average Bonchev–Trinajstić information content (AvgIpc) is 3.16. The lowest BCUT2D eigenvalue weighted by Gasteiger charge is -2.17. The van der Waals surface area contributed by atoms with E-state index in [0.717, 1.165) is 5.56 Å². The summed E-state index contributed by atoms with van der Waals surface area (Å²) < 4.78 is 38.6. The minimum absolute atomic E-state index is 0.106. The molecule has 0 spiro atoms. The molecule has 4 rings (SSSR count). The summed E-state index contributed by atoms with van der Waals surface area (Å²) in [5, 5.41) is 0. The van der Waals surface area contributed by atoms with Crippen LogP contribution in [0.15, 0.2) is 53.9 Å². The van der Waals surface area contributed by atoms with E-state index in [9.17, 15) is 13.2 Å². The predicted molar refractivity (Wildman–Crippen MR) is 95.1 cm³/mol. The van der Waals surface area contributed by atoms with Crippen LogP contribution in [0.5, 0.6) is 11.5 Å². The third kappa shape index (κ3) is 2.60. The molecule has 0 saturated heterocycles. The summed E-state index contributed by atoms with van der Waals surface area (Å²) in [5.41, 5.74) is 2.06. The lowest BCUT2D eigenvalue weighted by Crippen LogP contribution is -2.40. The van der Waals surface area contributed by atoms with Crippen LogP contribution in [-0.4, -0.2) is 27.0 Å². The fourth-order valence-electron chi connectivity index (χ4n) is 3.30. The highest BCUT2D eigenvalue weighted by Gasteiger charge is 2.42. The molecular weight excluding hydrogens is 354 g/mol. The molecular formula is C19H17NO5S. The Hall–Kier alpha value is -2.64. The molecule has 2 aliphatic rings. The summed E-state index contributed by atoms with van der Waals surface area (Å²) in [6.45, 7) is 5.75. The molecule has 26 heavy (non-hydrogen) atoms. The van der Waals surface area contributed by atoms with Gasteiger partial charge in [-0.15, -0.1) is 6.58 Å². The molecule has 2 aromatic rings. The Balaban J connectivity index is 1.70. The van der Waals surface area contributed by atoms with Crippen LogP contribution < -0.4 is 14.2 Å². The number of fused-ring (bicyclic) bond motifs is 2. The van der Waals surface area contributed by atoms with Crippen molar-refractivity contribution in [2.75, 3.05) is 6.79 Å². The maximum Gasteiger partial charge on any atom is 0.241 e. The molecule has 134 valence electrons. The standard InChI is InChI=1S/C19H17NO5S/c1-3-13-14-8-16-17(25-10-24-16)9-15(14)19(21)18(13)20-26(22,23)12-6-4-11(2)5-7-12/h3-9,13,18,20H,1,10H2,2H3/t13-,18+/m1/s1. The smallest absolute Gasteiger partial charge is 0.241 e. The largest absolute Gasteiger partial charge is 0.454 e. The fraction of sp³-hybridized carbons (Fsp3) is 0.211. The highest BCUT2D eigenvalue weighted by Crippen LogP contribution is 2.43. The van der Waals surface area contributed by atoms with E-state index in [4.69, 9.17) is 9.47 Å². The van der Waals surface area contributed by atoms with E-state index >= 15 is 0 Å². The summed E-state index contributed by atoms with van der Waals surface area (Å²) in [6, 6.07) is 8.84. The second-order valence-corrected chi connectivity index (χ2v) is 8.04. The zero-order valence-electron chi connectivity index (χ0n) is 14.1. The van der Waals surface area contributed by atoms with E-state index in [0.29, 0.717) is 22.6 Å². The Morgan fingerprint density at radius 2 is 1.81 bits per heavy atom. The van der Waals surface area contributed by atoms with E-state index in [1.165, 1.54) is 12.1 Å². The summed E-state index contributed by atoms with van der Waals surface area (Å²) in [5.74, 6) is 0.249. The first-order valence-corrected chi connectivity index (χ1v) is 9.58. The number of ether oxygens (including phenoxy) is 2. The van der Waals surface area contributed by atoms with Crippen LogP contribution in [0.25, 0.3) is 0 Å². The van der Waals surface area contributed by atoms with Gasteiger partial charge in [-0.05, 0) is 36.8 Å². The summed E-state index contributed by atoms with van der Waals surface area (Å²) in [7, 11) is -3.85. The Bertz CT molecular complexity index is 1010. The van der Waals surface area contributed by atoms with Gasteiger partial charge in [0.1, 0.15) is 0 Å². The molecule has 0 radical (unpaired) electrons. The van der Waals surface area contributed by atoms with Gasteiger partial charge in [-0.1, -0.05) is 23.8 Å². The molecule has 6 nitrogen and oxygen atoms in total. The zero-order valence-corrected chi connectivity index (χ0v) is 14.9. The van der Waals surface area contributed by atoms with Gasteiger partial charge in [0.15, 0.2) is 17.3 Å². The predicted octanol–water partition coefficient (Wildman–Crippen LogP) is 2.54. The number of ketones is 1. The topological polar surface area (TPSA) is 81.7 Å². The van der Waals surface area contributed by atoms with Crippen molar-refractivity contribution in [1.82, 2.24) is 4.72 Å². The first-order chi connectivity index (χ1) is 12.4. The van der Waals surface area contributed by atoms with Crippen molar-refractivity contribution in [2.24, 2.45) is 0 Å². The number of sulfonamides is 1. The Morgan fingerprint density at radius 1 is 1.15 bits per heavy atom. The van der Waals surface area contributed by atoms with Gasteiger partial charge < -0.3 is 9.47 Å². The van der Waals surface area contributed by atoms with Gasteiger partial charge in [0.25, 0.3) is 0 Å². The zero-order chi connectivity index (χ0) is 18.5. The molecule has 0 amide bonds. The average molecular weight is 371 g/mol. The van der Waals surface area contributed by atoms with Gasteiger partial charge in [0, 0.05) is 11.5 Å². The maximum atomic E-state index is 12.9. The number of rotatable bonds is 4. The molecule has 0 unspecified atom stereocenters. The molecule has 1 aliphatic heterocycles. The number of Topliss-reactive ketones (excluding diaryl/α,β-unsaturated/α-hetero) is 1. The Labute approximate surface area is 151 Å². The van der Waals surface area contributed by atoms with Crippen molar-refractivity contribution in [3.8, 4) is 11.5 Å². The van der Waals surface area contributed by atoms with E-state index in [-0.39, 0.29) is 17.5 Å². The normalized spacial score (nSPS) is 20.9. The number of benzene rings is 2. The first kappa shape index (κ1) is 16.8. The van der Waals surface area contributed by atoms with Crippen molar-refractivity contribution in [1.29, 1.82) is 0 Å².